The average Bonchev–Trinajstić information content (AvgIpc) is 3.21. The van der Waals surface area contributed by atoms with Crippen molar-refractivity contribution in [2.45, 2.75) is 37.1 Å². The minimum absolute atomic E-state index is 0.0951. The molecule has 3 rings (SSSR count). The molecule has 1 aromatic carbocycles. The standard InChI is InChI=1S/C19H21NO4S/c1-3-12-24-19(22)15-10-11-20-16(15)8-9-17(20)18(21)13-4-6-14(7-5-13)25(2)23/h4-9,15H,3,10-12H2,1-2H3. The van der Waals surface area contributed by atoms with Crippen molar-refractivity contribution >= 4 is 22.9 Å². The van der Waals surface area contributed by atoms with Gasteiger partial charge in [0.25, 0.3) is 0 Å². The van der Waals surface area contributed by atoms with Crippen LogP contribution in [-0.4, -0.2) is 33.7 Å². The van der Waals surface area contributed by atoms with Gasteiger partial charge in [-0.2, -0.15) is 0 Å². The molecule has 0 spiro atoms. The molecule has 6 heteroatoms. The predicted molar refractivity (Wildman–Crippen MR) is 95.2 cm³/mol. The minimum atomic E-state index is -1.07. The Morgan fingerprint density at radius 3 is 2.60 bits per heavy atom. The van der Waals surface area contributed by atoms with Crippen molar-refractivity contribution in [1.29, 1.82) is 0 Å². The number of carbonyl (C=O) groups is 2. The first-order chi connectivity index (χ1) is 12.0. The highest BCUT2D eigenvalue weighted by atomic mass is 32.2. The summed E-state index contributed by atoms with van der Waals surface area (Å²) >= 11 is -1.07. The largest absolute Gasteiger partial charge is 0.612 e. The summed E-state index contributed by atoms with van der Waals surface area (Å²) in [6, 6.07) is 10.4. The second kappa shape index (κ2) is 7.45. The molecule has 0 amide bonds. The summed E-state index contributed by atoms with van der Waals surface area (Å²) in [5.41, 5.74) is 1.97. The van der Waals surface area contributed by atoms with E-state index in [1.54, 1.807) is 36.6 Å². The van der Waals surface area contributed by atoms with Crippen LogP contribution in [0.15, 0.2) is 41.3 Å². The van der Waals surface area contributed by atoms with Crippen LogP contribution in [0.3, 0.4) is 0 Å². The maximum atomic E-state index is 12.8. The molecule has 0 aliphatic carbocycles. The molecule has 0 saturated carbocycles. The fraction of sp³-hybridized carbons (Fsp3) is 0.368. The maximum Gasteiger partial charge on any atom is 0.315 e. The monoisotopic (exact) mass is 359 g/mol. The molecule has 2 atom stereocenters. The van der Waals surface area contributed by atoms with Gasteiger partial charge in [-0.1, -0.05) is 6.92 Å². The van der Waals surface area contributed by atoms with Gasteiger partial charge in [0.1, 0.15) is 6.26 Å². The number of esters is 1. The number of hydrogen-bond acceptors (Lipinski definition) is 4. The molecule has 2 unspecified atom stereocenters. The number of rotatable bonds is 6. The van der Waals surface area contributed by atoms with Gasteiger partial charge in [0, 0.05) is 17.8 Å². The Bertz CT molecular complexity index is 779. The van der Waals surface area contributed by atoms with Crippen LogP contribution < -0.4 is 0 Å². The lowest BCUT2D eigenvalue weighted by molar-refractivity contribution is -0.145. The molecule has 1 aliphatic heterocycles. The number of carbonyl (C=O) groups excluding carboxylic acids is 2. The van der Waals surface area contributed by atoms with Crippen LogP contribution in [0, 0.1) is 0 Å². The van der Waals surface area contributed by atoms with Gasteiger partial charge in [0.2, 0.25) is 5.78 Å². The fourth-order valence-corrected chi connectivity index (χ4v) is 3.65. The summed E-state index contributed by atoms with van der Waals surface area (Å²) in [6.45, 7) is 3.01. The number of hydrogen-bond donors (Lipinski definition) is 0. The second-order valence-corrected chi connectivity index (χ2v) is 7.49. The summed E-state index contributed by atoms with van der Waals surface area (Å²) in [5.74, 6) is -0.604. The molecule has 0 fully saturated rings. The summed E-state index contributed by atoms with van der Waals surface area (Å²) in [4.78, 5) is 25.6. The Morgan fingerprint density at radius 1 is 1.24 bits per heavy atom. The van der Waals surface area contributed by atoms with E-state index in [1.165, 1.54) is 0 Å². The lowest BCUT2D eigenvalue weighted by Crippen LogP contribution is -2.14. The second-order valence-electron chi connectivity index (χ2n) is 6.11. The zero-order valence-electron chi connectivity index (χ0n) is 14.4. The van der Waals surface area contributed by atoms with Crippen LogP contribution in [0.5, 0.6) is 0 Å². The molecule has 132 valence electrons. The number of aromatic nitrogens is 1. The van der Waals surface area contributed by atoms with E-state index in [-0.39, 0.29) is 17.7 Å². The van der Waals surface area contributed by atoms with Crippen LogP contribution in [0.25, 0.3) is 0 Å². The van der Waals surface area contributed by atoms with Gasteiger partial charge in [-0.3, -0.25) is 9.59 Å². The van der Waals surface area contributed by atoms with Crippen LogP contribution in [0.2, 0.25) is 0 Å². The van der Waals surface area contributed by atoms with Crippen LogP contribution in [0.4, 0.5) is 0 Å². The molecule has 0 saturated heterocycles. The van der Waals surface area contributed by atoms with Crippen molar-refractivity contribution in [3.05, 3.63) is 53.3 Å². The zero-order valence-corrected chi connectivity index (χ0v) is 15.2. The average molecular weight is 359 g/mol. The number of fused-ring (bicyclic) bond motifs is 1. The molecule has 1 aromatic heterocycles. The Hall–Kier alpha value is -2.05. The normalized spacial score (nSPS) is 17.2. The van der Waals surface area contributed by atoms with Gasteiger partial charge in [-0.25, -0.2) is 0 Å². The van der Waals surface area contributed by atoms with E-state index in [0.29, 0.717) is 35.7 Å². The Balaban J connectivity index is 1.81. The van der Waals surface area contributed by atoms with Crippen molar-refractivity contribution in [3.8, 4) is 0 Å². The van der Waals surface area contributed by atoms with Crippen molar-refractivity contribution < 1.29 is 18.9 Å². The maximum absolute atomic E-state index is 12.8. The molecular weight excluding hydrogens is 338 g/mol. The van der Waals surface area contributed by atoms with Crippen LogP contribution in [-0.2, 0) is 27.3 Å². The molecule has 0 bridgehead atoms. The fourth-order valence-electron chi connectivity index (χ4n) is 3.13. The molecule has 1 aliphatic rings. The van der Waals surface area contributed by atoms with Crippen molar-refractivity contribution in [1.82, 2.24) is 4.57 Å². The number of ketones is 1. The first kappa shape index (κ1) is 17.8. The molecule has 0 N–H and O–H groups in total. The van der Waals surface area contributed by atoms with E-state index in [2.05, 4.69) is 0 Å². The quantitative estimate of drug-likeness (QED) is 0.452. The van der Waals surface area contributed by atoms with E-state index >= 15 is 0 Å². The SMILES string of the molecule is CCCOC(=O)C1CCn2c(C(=O)c3ccc([S+](C)[O-])cc3)ccc21. The molecule has 5 nitrogen and oxygen atoms in total. The number of benzene rings is 1. The predicted octanol–water partition coefficient (Wildman–Crippen LogP) is 2.90. The van der Waals surface area contributed by atoms with E-state index in [9.17, 15) is 14.1 Å². The third kappa shape index (κ3) is 3.50. The van der Waals surface area contributed by atoms with Crippen molar-refractivity contribution in [2.24, 2.45) is 0 Å². The summed E-state index contributed by atoms with van der Waals surface area (Å²) in [7, 11) is 0. The number of ether oxygens (including phenoxy) is 1. The topological polar surface area (TPSA) is 71.4 Å². The number of nitrogens with zero attached hydrogens (tertiary/aromatic N) is 1. The highest BCUT2D eigenvalue weighted by molar-refractivity contribution is 7.90. The first-order valence-electron chi connectivity index (χ1n) is 8.37. The lowest BCUT2D eigenvalue weighted by Gasteiger charge is -2.09. The van der Waals surface area contributed by atoms with Crippen molar-refractivity contribution in [2.75, 3.05) is 12.9 Å². The Morgan fingerprint density at radius 2 is 1.96 bits per heavy atom. The molecular formula is C19H21NO4S. The van der Waals surface area contributed by atoms with Gasteiger partial charge in [-0.15, -0.1) is 0 Å². The zero-order chi connectivity index (χ0) is 18.0. The van der Waals surface area contributed by atoms with E-state index in [4.69, 9.17) is 4.74 Å². The lowest BCUT2D eigenvalue weighted by atomic mass is 10.1. The summed E-state index contributed by atoms with van der Waals surface area (Å²) < 4.78 is 18.6. The third-order valence-corrected chi connectivity index (χ3v) is 5.36. The first-order valence-corrected chi connectivity index (χ1v) is 9.93. The Kier molecular flexibility index (Phi) is 5.30. The molecule has 2 aromatic rings. The van der Waals surface area contributed by atoms with Gasteiger partial charge < -0.3 is 13.9 Å². The van der Waals surface area contributed by atoms with Gasteiger partial charge >= 0.3 is 5.97 Å². The van der Waals surface area contributed by atoms with Crippen LogP contribution >= 0.6 is 0 Å². The highest BCUT2D eigenvalue weighted by Gasteiger charge is 2.32. The Labute approximate surface area is 150 Å². The summed E-state index contributed by atoms with van der Waals surface area (Å²) in [6.07, 6.45) is 3.06. The smallest absolute Gasteiger partial charge is 0.315 e. The molecule has 2 heterocycles. The van der Waals surface area contributed by atoms with Crippen LogP contribution in [0.1, 0.15) is 47.4 Å². The van der Waals surface area contributed by atoms with E-state index < -0.39 is 11.2 Å². The van der Waals surface area contributed by atoms with Gasteiger partial charge in [0.05, 0.1) is 18.2 Å². The van der Waals surface area contributed by atoms with Crippen molar-refractivity contribution in [3.63, 3.8) is 0 Å². The molecule has 25 heavy (non-hydrogen) atoms. The van der Waals surface area contributed by atoms with E-state index in [0.717, 1.165) is 12.1 Å². The van der Waals surface area contributed by atoms with Gasteiger partial charge in [0.15, 0.2) is 4.90 Å². The summed E-state index contributed by atoms with van der Waals surface area (Å²) in [5, 5.41) is 0. The third-order valence-electron chi connectivity index (χ3n) is 4.43. The molecule has 0 radical (unpaired) electrons. The highest BCUT2D eigenvalue weighted by Crippen LogP contribution is 2.32. The minimum Gasteiger partial charge on any atom is -0.612 e. The van der Waals surface area contributed by atoms with Gasteiger partial charge in [-0.05, 0) is 60.4 Å². The van der Waals surface area contributed by atoms with E-state index in [1.807, 2.05) is 17.6 Å².